The van der Waals surface area contributed by atoms with E-state index in [0.717, 1.165) is 5.57 Å². The number of hydrogen-bond donors (Lipinski definition) is 1. The molecule has 0 spiro atoms. The van der Waals surface area contributed by atoms with Crippen LogP contribution >= 0.6 is 0 Å². The molecule has 1 N–H and O–H groups in total. The number of allylic oxidation sites excluding steroid dienone is 2. The van der Waals surface area contributed by atoms with Crippen molar-refractivity contribution < 1.29 is 33.7 Å². The molecule has 2 rings (SSSR count). The molecule has 0 aromatic carbocycles. The molecule has 176 valence electrons. The number of carbonyl (C=O) groups is 3. The van der Waals surface area contributed by atoms with Crippen LogP contribution in [0.3, 0.4) is 0 Å². The van der Waals surface area contributed by atoms with Gasteiger partial charge in [0.05, 0.1) is 11.5 Å². The number of carbonyl (C=O) groups excluding carboxylic acids is 3. The SMILES string of the molecule is CC(=O)OC1CC2CCC(C)(OC(=O)C2C)C(OC(C)=O)CC/C(C)=C/CCC1(C)O. The molecule has 0 aromatic rings. The Morgan fingerprint density at radius 2 is 1.71 bits per heavy atom. The Labute approximate surface area is 185 Å². The highest BCUT2D eigenvalue weighted by molar-refractivity contribution is 5.73. The van der Waals surface area contributed by atoms with Crippen molar-refractivity contribution in [3.8, 4) is 0 Å². The van der Waals surface area contributed by atoms with Gasteiger partial charge in [-0.15, -0.1) is 0 Å². The summed E-state index contributed by atoms with van der Waals surface area (Å²) in [6, 6.07) is 0. The van der Waals surface area contributed by atoms with Crippen molar-refractivity contribution in [2.45, 2.75) is 110 Å². The van der Waals surface area contributed by atoms with E-state index in [9.17, 15) is 19.5 Å². The second-order valence-corrected chi connectivity index (χ2v) is 9.74. The van der Waals surface area contributed by atoms with Crippen LogP contribution in [-0.4, -0.2) is 46.4 Å². The number of aliphatic hydroxyl groups is 1. The molecule has 1 aliphatic heterocycles. The maximum atomic E-state index is 13.0. The number of ether oxygens (including phenoxy) is 3. The van der Waals surface area contributed by atoms with Crippen molar-refractivity contribution in [3.05, 3.63) is 11.6 Å². The van der Waals surface area contributed by atoms with Crippen LogP contribution < -0.4 is 0 Å². The molecule has 7 heteroatoms. The van der Waals surface area contributed by atoms with Crippen molar-refractivity contribution in [2.75, 3.05) is 0 Å². The first kappa shape index (κ1) is 25.4. The molecule has 1 aliphatic carbocycles. The lowest BCUT2D eigenvalue weighted by molar-refractivity contribution is -0.185. The first-order valence-corrected chi connectivity index (χ1v) is 11.3. The number of hydrogen-bond acceptors (Lipinski definition) is 7. The molecular weight excluding hydrogens is 400 g/mol. The van der Waals surface area contributed by atoms with Crippen molar-refractivity contribution in [2.24, 2.45) is 11.8 Å². The Morgan fingerprint density at radius 1 is 1.10 bits per heavy atom. The second-order valence-electron chi connectivity index (χ2n) is 9.74. The smallest absolute Gasteiger partial charge is 0.309 e. The van der Waals surface area contributed by atoms with Gasteiger partial charge in [0.15, 0.2) is 0 Å². The van der Waals surface area contributed by atoms with Crippen LogP contribution in [0.2, 0.25) is 0 Å². The average Bonchev–Trinajstić information content (AvgIpc) is 2.75. The van der Waals surface area contributed by atoms with E-state index in [4.69, 9.17) is 14.2 Å². The summed E-state index contributed by atoms with van der Waals surface area (Å²) < 4.78 is 17.1. The summed E-state index contributed by atoms with van der Waals surface area (Å²) >= 11 is 0. The fourth-order valence-electron chi connectivity index (χ4n) is 4.66. The zero-order valence-corrected chi connectivity index (χ0v) is 19.7. The lowest BCUT2D eigenvalue weighted by Crippen LogP contribution is -2.45. The van der Waals surface area contributed by atoms with Gasteiger partial charge >= 0.3 is 17.9 Å². The third-order valence-corrected chi connectivity index (χ3v) is 6.88. The Balaban J connectivity index is 2.45. The maximum Gasteiger partial charge on any atom is 0.309 e. The molecule has 0 radical (unpaired) electrons. The summed E-state index contributed by atoms with van der Waals surface area (Å²) in [6.07, 6.45) is 4.58. The highest BCUT2D eigenvalue weighted by Crippen LogP contribution is 2.40. The standard InChI is InChI=1S/C24H38O7/c1-15-8-7-12-23(5,28)21(30-18(4)26)14-19-11-13-24(6,31-22(27)16(19)2)20(10-9-15)29-17(3)25/h8,16,19-21,28H,7,9-14H2,1-6H3/b15-8+. The van der Waals surface area contributed by atoms with Gasteiger partial charge in [0, 0.05) is 13.8 Å². The molecule has 1 heterocycles. The van der Waals surface area contributed by atoms with E-state index in [-0.39, 0.29) is 11.9 Å². The predicted molar refractivity (Wildman–Crippen MR) is 115 cm³/mol. The molecule has 1 saturated heterocycles. The van der Waals surface area contributed by atoms with Crippen molar-refractivity contribution in [1.82, 2.24) is 0 Å². The fraction of sp³-hybridized carbons (Fsp3) is 0.792. The van der Waals surface area contributed by atoms with E-state index < -0.39 is 41.3 Å². The zero-order valence-electron chi connectivity index (χ0n) is 19.7. The Bertz CT molecular complexity index is 711. The van der Waals surface area contributed by atoms with E-state index in [0.29, 0.717) is 44.9 Å². The van der Waals surface area contributed by atoms with E-state index >= 15 is 0 Å². The monoisotopic (exact) mass is 438 g/mol. The summed E-state index contributed by atoms with van der Waals surface area (Å²) in [4.78, 5) is 36.5. The minimum Gasteiger partial charge on any atom is -0.459 e. The molecular formula is C24H38O7. The van der Waals surface area contributed by atoms with Gasteiger partial charge in [-0.05, 0) is 71.6 Å². The van der Waals surface area contributed by atoms with Gasteiger partial charge < -0.3 is 19.3 Å². The highest BCUT2D eigenvalue weighted by atomic mass is 16.6. The third kappa shape index (κ3) is 6.79. The van der Waals surface area contributed by atoms with Gasteiger partial charge in [-0.25, -0.2) is 0 Å². The van der Waals surface area contributed by atoms with Crippen LogP contribution in [0.15, 0.2) is 11.6 Å². The second kappa shape index (κ2) is 10.2. The Morgan fingerprint density at radius 3 is 2.32 bits per heavy atom. The van der Waals surface area contributed by atoms with Crippen LogP contribution in [-0.2, 0) is 28.6 Å². The predicted octanol–water partition coefficient (Wildman–Crippen LogP) is 3.86. The van der Waals surface area contributed by atoms with E-state index in [2.05, 4.69) is 6.08 Å². The molecule has 2 bridgehead atoms. The van der Waals surface area contributed by atoms with Crippen molar-refractivity contribution in [3.63, 3.8) is 0 Å². The van der Waals surface area contributed by atoms with Crippen LogP contribution in [0.5, 0.6) is 0 Å². The topological polar surface area (TPSA) is 99.1 Å². The first-order valence-electron chi connectivity index (χ1n) is 11.3. The molecule has 0 aromatic heterocycles. The summed E-state index contributed by atoms with van der Waals surface area (Å²) in [5.74, 6) is -1.78. The minimum absolute atomic E-state index is 0.136. The quantitative estimate of drug-likeness (QED) is 0.397. The lowest BCUT2D eigenvalue weighted by Gasteiger charge is -2.36. The fourth-order valence-corrected chi connectivity index (χ4v) is 4.66. The van der Waals surface area contributed by atoms with Crippen LogP contribution in [0, 0.1) is 11.8 Å². The van der Waals surface area contributed by atoms with Crippen molar-refractivity contribution in [1.29, 1.82) is 0 Å². The van der Waals surface area contributed by atoms with E-state index in [1.54, 1.807) is 6.92 Å². The van der Waals surface area contributed by atoms with Gasteiger partial charge in [0.25, 0.3) is 0 Å². The number of esters is 3. The molecule has 31 heavy (non-hydrogen) atoms. The summed E-state index contributed by atoms with van der Waals surface area (Å²) in [6.45, 7) is 10.0. The minimum atomic E-state index is -1.22. The molecule has 1 fully saturated rings. The van der Waals surface area contributed by atoms with Crippen LogP contribution in [0.1, 0.15) is 86.5 Å². The molecule has 2 aliphatic rings. The van der Waals surface area contributed by atoms with E-state index in [1.807, 2.05) is 20.8 Å². The maximum absolute atomic E-state index is 13.0. The van der Waals surface area contributed by atoms with Crippen LogP contribution in [0.25, 0.3) is 0 Å². The first-order chi connectivity index (χ1) is 14.3. The van der Waals surface area contributed by atoms with Gasteiger partial charge in [-0.3, -0.25) is 14.4 Å². The van der Waals surface area contributed by atoms with Gasteiger partial charge in [-0.2, -0.15) is 0 Å². The molecule has 0 amide bonds. The third-order valence-electron chi connectivity index (χ3n) is 6.88. The van der Waals surface area contributed by atoms with Crippen LogP contribution in [0.4, 0.5) is 0 Å². The summed E-state index contributed by atoms with van der Waals surface area (Å²) in [7, 11) is 0. The van der Waals surface area contributed by atoms with Gasteiger partial charge in [-0.1, -0.05) is 18.6 Å². The largest absolute Gasteiger partial charge is 0.459 e. The summed E-state index contributed by atoms with van der Waals surface area (Å²) in [5, 5.41) is 11.1. The molecule has 0 saturated carbocycles. The lowest BCUT2D eigenvalue weighted by atomic mass is 9.78. The van der Waals surface area contributed by atoms with Gasteiger partial charge in [0.1, 0.15) is 17.8 Å². The van der Waals surface area contributed by atoms with E-state index in [1.165, 1.54) is 13.8 Å². The number of fused-ring (bicyclic) bond motifs is 3. The average molecular weight is 439 g/mol. The normalized spacial score (nSPS) is 39.3. The Hall–Kier alpha value is -1.89. The van der Waals surface area contributed by atoms with Crippen molar-refractivity contribution >= 4 is 17.9 Å². The highest BCUT2D eigenvalue weighted by Gasteiger charge is 2.47. The Kier molecular flexibility index (Phi) is 8.31. The zero-order chi connectivity index (χ0) is 23.4. The summed E-state index contributed by atoms with van der Waals surface area (Å²) in [5.41, 5.74) is -1.05. The number of rotatable bonds is 2. The molecule has 6 unspecified atom stereocenters. The molecule has 6 atom stereocenters. The molecule has 7 nitrogen and oxygen atoms in total. The van der Waals surface area contributed by atoms with Gasteiger partial charge in [0.2, 0.25) is 0 Å².